The fourth-order valence-corrected chi connectivity index (χ4v) is 4.59. The van der Waals surface area contributed by atoms with E-state index in [9.17, 15) is 4.79 Å². The van der Waals surface area contributed by atoms with Crippen molar-refractivity contribution in [1.29, 1.82) is 0 Å². The second-order valence-electron chi connectivity index (χ2n) is 7.38. The predicted octanol–water partition coefficient (Wildman–Crippen LogP) is 3.12. The Bertz CT molecular complexity index is 1200. The van der Waals surface area contributed by atoms with Crippen LogP contribution in [0.1, 0.15) is 29.8 Å². The lowest BCUT2D eigenvalue weighted by atomic mass is 10.1. The van der Waals surface area contributed by atoms with Crippen molar-refractivity contribution in [1.82, 2.24) is 24.1 Å². The van der Waals surface area contributed by atoms with Gasteiger partial charge in [0.1, 0.15) is 4.70 Å². The Balaban J connectivity index is 1.56. The molecule has 3 heterocycles. The van der Waals surface area contributed by atoms with Gasteiger partial charge in [-0.05, 0) is 36.8 Å². The van der Waals surface area contributed by atoms with Crippen molar-refractivity contribution < 1.29 is 0 Å². The number of aryl methyl sites for hydroxylation is 2. The smallest absolute Gasteiger partial charge is 0.272 e. The molecule has 1 aliphatic carbocycles. The zero-order chi connectivity index (χ0) is 18.5. The Morgan fingerprint density at radius 3 is 2.85 bits per heavy atom. The lowest BCUT2D eigenvalue weighted by molar-refractivity contribution is 0.239. The van der Waals surface area contributed by atoms with Gasteiger partial charge in [-0.1, -0.05) is 29.8 Å². The van der Waals surface area contributed by atoms with E-state index in [0.717, 1.165) is 29.1 Å². The van der Waals surface area contributed by atoms with E-state index in [-0.39, 0.29) is 5.56 Å². The summed E-state index contributed by atoms with van der Waals surface area (Å²) in [5, 5.41) is 10.7. The van der Waals surface area contributed by atoms with Gasteiger partial charge >= 0.3 is 0 Å². The van der Waals surface area contributed by atoms with Crippen LogP contribution < -0.4 is 5.56 Å². The van der Waals surface area contributed by atoms with Gasteiger partial charge in [-0.15, -0.1) is 21.5 Å². The second-order valence-corrected chi connectivity index (χ2v) is 8.29. The fraction of sp³-hybridized carbons (Fsp3) is 0.350. The van der Waals surface area contributed by atoms with Gasteiger partial charge in [0.15, 0.2) is 5.82 Å². The molecule has 0 spiro atoms. The normalized spacial score (nSPS) is 14.6. The van der Waals surface area contributed by atoms with Gasteiger partial charge in [0, 0.05) is 19.6 Å². The standard InChI is InChI=1S/C20H21N5OS/c1-13-4-3-5-14(10-13)11-24(15-6-7-15)12-17-21-22-20-23(2)19(26)18-16(25(17)20)8-9-27-18/h3-5,8-10,15H,6-7,11-12H2,1-2H3. The first-order chi connectivity index (χ1) is 13.1. The molecule has 0 aliphatic heterocycles. The van der Waals surface area contributed by atoms with Crippen molar-refractivity contribution in [3.8, 4) is 0 Å². The molecular weight excluding hydrogens is 358 g/mol. The van der Waals surface area contributed by atoms with Crippen molar-refractivity contribution >= 4 is 27.3 Å². The molecule has 1 aliphatic rings. The van der Waals surface area contributed by atoms with Gasteiger partial charge < -0.3 is 0 Å². The lowest BCUT2D eigenvalue weighted by Gasteiger charge is -2.21. The molecule has 4 aromatic rings. The first-order valence-electron chi connectivity index (χ1n) is 9.21. The maximum Gasteiger partial charge on any atom is 0.272 e. The zero-order valence-electron chi connectivity index (χ0n) is 15.4. The third kappa shape index (κ3) is 2.87. The largest absolute Gasteiger partial charge is 0.289 e. The summed E-state index contributed by atoms with van der Waals surface area (Å²) in [6, 6.07) is 11.3. The highest BCUT2D eigenvalue weighted by atomic mass is 32.1. The summed E-state index contributed by atoms with van der Waals surface area (Å²) in [6.07, 6.45) is 2.46. The van der Waals surface area contributed by atoms with Crippen LogP contribution in [0.4, 0.5) is 0 Å². The van der Waals surface area contributed by atoms with Crippen molar-refractivity contribution in [2.45, 2.75) is 38.9 Å². The number of thiophene rings is 1. The van der Waals surface area contributed by atoms with E-state index in [4.69, 9.17) is 0 Å². The van der Waals surface area contributed by atoms with E-state index < -0.39 is 0 Å². The Hall–Kier alpha value is -2.51. The molecule has 3 aromatic heterocycles. The number of nitrogens with zero attached hydrogens (tertiary/aromatic N) is 5. The average molecular weight is 379 g/mol. The van der Waals surface area contributed by atoms with Gasteiger partial charge in [-0.25, -0.2) is 0 Å². The molecule has 0 unspecified atom stereocenters. The predicted molar refractivity (Wildman–Crippen MR) is 107 cm³/mol. The Kier molecular flexibility index (Phi) is 3.87. The summed E-state index contributed by atoms with van der Waals surface area (Å²) in [5.41, 5.74) is 3.50. The molecule has 0 saturated heterocycles. The van der Waals surface area contributed by atoms with Gasteiger partial charge in [0.25, 0.3) is 5.56 Å². The monoisotopic (exact) mass is 379 g/mol. The van der Waals surface area contributed by atoms with Crippen molar-refractivity contribution in [3.63, 3.8) is 0 Å². The van der Waals surface area contributed by atoms with Gasteiger partial charge in [0.05, 0.1) is 12.1 Å². The van der Waals surface area contributed by atoms with Gasteiger partial charge in [0.2, 0.25) is 5.78 Å². The van der Waals surface area contributed by atoms with Crippen molar-refractivity contribution in [2.75, 3.05) is 0 Å². The molecule has 5 rings (SSSR count). The highest BCUT2D eigenvalue weighted by Crippen LogP contribution is 2.30. The van der Waals surface area contributed by atoms with Gasteiger partial charge in [-0.3, -0.25) is 18.7 Å². The molecule has 0 amide bonds. The Morgan fingerprint density at radius 2 is 2.07 bits per heavy atom. The molecule has 1 fully saturated rings. The summed E-state index contributed by atoms with van der Waals surface area (Å²) < 4.78 is 4.39. The third-order valence-electron chi connectivity index (χ3n) is 5.27. The Morgan fingerprint density at radius 1 is 1.22 bits per heavy atom. The van der Waals surface area contributed by atoms with Crippen LogP contribution in [0, 0.1) is 6.92 Å². The van der Waals surface area contributed by atoms with Crippen LogP contribution in [0.3, 0.4) is 0 Å². The number of rotatable bonds is 5. The molecule has 1 aromatic carbocycles. The van der Waals surface area contributed by atoms with E-state index >= 15 is 0 Å². The summed E-state index contributed by atoms with van der Waals surface area (Å²) in [7, 11) is 1.76. The number of aromatic nitrogens is 4. The highest BCUT2D eigenvalue weighted by Gasteiger charge is 2.30. The summed E-state index contributed by atoms with van der Waals surface area (Å²) in [5.74, 6) is 1.50. The lowest BCUT2D eigenvalue weighted by Crippen LogP contribution is -2.27. The molecule has 0 N–H and O–H groups in total. The van der Waals surface area contributed by atoms with Crippen LogP contribution in [-0.2, 0) is 20.1 Å². The van der Waals surface area contributed by atoms with Crippen LogP contribution >= 0.6 is 11.3 Å². The van der Waals surface area contributed by atoms with Crippen LogP contribution in [0.5, 0.6) is 0 Å². The topological polar surface area (TPSA) is 55.4 Å². The number of benzene rings is 1. The molecule has 0 radical (unpaired) electrons. The van der Waals surface area contributed by atoms with Crippen LogP contribution in [-0.4, -0.2) is 30.1 Å². The van der Waals surface area contributed by atoms with Crippen molar-refractivity contribution in [3.05, 3.63) is 63.0 Å². The minimum atomic E-state index is -0.00902. The highest BCUT2D eigenvalue weighted by molar-refractivity contribution is 7.17. The molecule has 0 bridgehead atoms. The zero-order valence-corrected chi connectivity index (χ0v) is 16.2. The summed E-state index contributed by atoms with van der Waals surface area (Å²) in [4.78, 5) is 15.0. The summed E-state index contributed by atoms with van der Waals surface area (Å²) >= 11 is 1.47. The number of hydrogen-bond acceptors (Lipinski definition) is 5. The Labute approximate surface area is 160 Å². The fourth-order valence-electron chi connectivity index (χ4n) is 3.74. The van der Waals surface area contributed by atoms with E-state index in [1.165, 1.54) is 35.3 Å². The van der Waals surface area contributed by atoms with Crippen LogP contribution in [0.2, 0.25) is 0 Å². The second kappa shape index (κ2) is 6.28. The first kappa shape index (κ1) is 16.6. The van der Waals surface area contributed by atoms with Crippen LogP contribution in [0.25, 0.3) is 16.0 Å². The molecular formula is C20H21N5OS. The SMILES string of the molecule is Cc1cccc(CN(Cc2nnc3n(C)c(=O)c4sccc4n23)C2CC2)c1. The van der Waals surface area contributed by atoms with E-state index in [1.54, 1.807) is 11.6 Å². The van der Waals surface area contributed by atoms with Crippen molar-refractivity contribution in [2.24, 2.45) is 7.05 Å². The van der Waals surface area contributed by atoms with E-state index in [0.29, 0.717) is 11.8 Å². The van der Waals surface area contributed by atoms with E-state index in [2.05, 4.69) is 46.3 Å². The van der Waals surface area contributed by atoms with Crippen LogP contribution in [0.15, 0.2) is 40.5 Å². The molecule has 0 atom stereocenters. The maximum absolute atomic E-state index is 12.5. The molecule has 27 heavy (non-hydrogen) atoms. The molecule has 138 valence electrons. The minimum Gasteiger partial charge on any atom is -0.289 e. The third-order valence-corrected chi connectivity index (χ3v) is 6.16. The quantitative estimate of drug-likeness (QED) is 0.535. The maximum atomic E-state index is 12.5. The first-order valence-corrected chi connectivity index (χ1v) is 10.1. The summed E-state index contributed by atoms with van der Waals surface area (Å²) in [6.45, 7) is 3.76. The molecule has 1 saturated carbocycles. The van der Waals surface area contributed by atoms with Gasteiger partial charge in [-0.2, -0.15) is 0 Å². The molecule has 6 nitrogen and oxygen atoms in total. The molecule has 7 heteroatoms. The minimum absolute atomic E-state index is 0.00902. The van der Waals surface area contributed by atoms with E-state index in [1.807, 2.05) is 15.8 Å². The number of fused-ring (bicyclic) bond motifs is 3. The average Bonchev–Trinajstić information content (AvgIpc) is 3.23. The number of hydrogen-bond donors (Lipinski definition) is 0.